The third kappa shape index (κ3) is 9.04. The Balaban J connectivity index is 0.760. The third-order valence-corrected chi connectivity index (χ3v) is 12.1. The number of aromatic nitrogens is 3. The van der Waals surface area contributed by atoms with E-state index in [2.05, 4.69) is 41.0 Å². The number of rotatable bonds is 10. The first-order valence-corrected chi connectivity index (χ1v) is 20.4. The number of hydrogen-bond acceptors (Lipinski definition) is 10. The molecular weight excluding hydrogens is 745 g/mol. The average molecular weight is 794 g/mol. The SMILES string of the molecule is O=C1CCC(Nc2ccc(N3CCN(C4CCC(NC(=O)C5CCC(Nc6ncc(F)c(-c7cccc(-n8ccccc8=O)c7)n6)CC5)CC4)CC3)c(F)c2)C(=O)N1. The molecule has 304 valence electrons. The van der Waals surface area contributed by atoms with Crippen LogP contribution in [0.25, 0.3) is 16.9 Å². The number of pyridine rings is 1. The van der Waals surface area contributed by atoms with Gasteiger partial charge in [0.25, 0.3) is 5.56 Å². The van der Waals surface area contributed by atoms with Crippen molar-refractivity contribution in [3.63, 3.8) is 0 Å². The Morgan fingerprint density at radius 2 is 1.55 bits per heavy atom. The summed E-state index contributed by atoms with van der Waals surface area (Å²) in [4.78, 5) is 62.5. The molecule has 1 unspecified atom stereocenters. The van der Waals surface area contributed by atoms with E-state index >= 15 is 4.39 Å². The van der Waals surface area contributed by atoms with Gasteiger partial charge in [-0.15, -0.1) is 0 Å². The van der Waals surface area contributed by atoms with Crippen LogP contribution in [0.4, 0.5) is 26.1 Å². The van der Waals surface area contributed by atoms with E-state index < -0.39 is 11.9 Å². The van der Waals surface area contributed by atoms with E-state index in [1.807, 2.05) is 0 Å². The summed E-state index contributed by atoms with van der Waals surface area (Å²) in [5.74, 6) is -1.18. The van der Waals surface area contributed by atoms with E-state index in [0.29, 0.717) is 54.1 Å². The van der Waals surface area contributed by atoms with Crippen molar-refractivity contribution in [2.24, 2.45) is 5.92 Å². The molecule has 3 amide bonds. The molecule has 2 aromatic carbocycles. The first kappa shape index (κ1) is 39.1. The van der Waals surface area contributed by atoms with Crippen molar-refractivity contribution >= 4 is 35.0 Å². The number of carbonyl (C=O) groups is 3. The van der Waals surface area contributed by atoms with Crippen LogP contribution < -0.4 is 31.7 Å². The molecule has 4 aliphatic rings. The molecule has 2 aliphatic heterocycles. The van der Waals surface area contributed by atoms with Gasteiger partial charge in [0.1, 0.15) is 17.6 Å². The zero-order chi connectivity index (χ0) is 40.2. The largest absolute Gasteiger partial charge is 0.374 e. The molecule has 13 nitrogen and oxygen atoms in total. The lowest BCUT2D eigenvalue weighted by molar-refractivity contribution is -0.133. The Bertz CT molecular complexity index is 2190. The number of piperidine rings is 1. The second-order valence-electron chi connectivity index (χ2n) is 15.9. The molecule has 15 heteroatoms. The van der Waals surface area contributed by atoms with Gasteiger partial charge in [-0.05, 0) is 94.2 Å². The zero-order valence-corrected chi connectivity index (χ0v) is 32.3. The molecule has 4 fully saturated rings. The number of imide groups is 1. The highest BCUT2D eigenvalue weighted by molar-refractivity contribution is 6.01. The minimum absolute atomic E-state index is 0.0552. The summed E-state index contributed by atoms with van der Waals surface area (Å²) in [6.07, 6.45) is 10.4. The molecule has 1 atom stereocenters. The fourth-order valence-electron chi connectivity index (χ4n) is 8.88. The number of nitrogens with one attached hydrogen (secondary N) is 4. The zero-order valence-electron chi connectivity index (χ0n) is 32.3. The van der Waals surface area contributed by atoms with Crippen molar-refractivity contribution in [3.05, 3.63) is 95.0 Å². The molecule has 0 spiro atoms. The van der Waals surface area contributed by atoms with E-state index in [9.17, 15) is 23.6 Å². The van der Waals surface area contributed by atoms with Gasteiger partial charge in [0, 0.05) is 85.8 Å². The van der Waals surface area contributed by atoms with Crippen molar-refractivity contribution in [1.82, 2.24) is 30.1 Å². The minimum atomic E-state index is -0.562. The fourth-order valence-corrected chi connectivity index (χ4v) is 8.88. The number of anilines is 3. The lowest BCUT2D eigenvalue weighted by atomic mass is 9.84. The lowest BCUT2D eigenvalue weighted by Crippen LogP contribution is -2.52. The summed E-state index contributed by atoms with van der Waals surface area (Å²) < 4.78 is 31.7. The second-order valence-corrected chi connectivity index (χ2v) is 15.9. The predicted octanol–water partition coefficient (Wildman–Crippen LogP) is 5.01. The summed E-state index contributed by atoms with van der Waals surface area (Å²) in [5.41, 5.74) is 2.16. The van der Waals surface area contributed by atoms with Crippen molar-refractivity contribution in [3.8, 4) is 16.9 Å². The summed E-state index contributed by atoms with van der Waals surface area (Å²) in [6.45, 7) is 3.10. The number of benzene rings is 2. The van der Waals surface area contributed by atoms with E-state index in [1.165, 1.54) is 16.7 Å². The Morgan fingerprint density at radius 3 is 2.29 bits per heavy atom. The van der Waals surface area contributed by atoms with E-state index in [-0.39, 0.29) is 59.2 Å². The number of nitrogens with zero attached hydrogens (tertiary/aromatic N) is 5. The Morgan fingerprint density at radius 1 is 0.776 bits per heavy atom. The van der Waals surface area contributed by atoms with Crippen LogP contribution in [0.15, 0.2) is 77.9 Å². The molecule has 4 heterocycles. The van der Waals surface area contributed by atoms with Crippen LogP contribution in [-0.4, -0.2) is 87.5 Å². The quantitative estimate of drug-likeness (QED) is 0.161. The monoisotopic (exact) mass is 793 g/mol. The summed E-state index contributed by atoms with van der Waals surface area (Å²) in [6, 6.07) is 17.0. The van der Waals surface area contributed by atoms with Gasteiger partial charge < -0.3 is 20.9 Å². The van der Waals surface area contributed by atoms with E-state index in [4.69, 9.17) is 0 Å². The first-order chi connectivity index (χ1) is 28.2. The molecule has 2 aliphatic carbocycles. The maximum Gasteiger partial charge on any atom is 0.255 e. The van der Waals surface area contributed by atoms with Crippen LogP contribution in [0.1, 0.15) is 64.2 Å². The standard InChI is InChI=1S/C43H49F2N9O4/c44-34-25-31(47-36-16-18-38(55)50-42(36)58)13-17-37(34)53-22-20-52(21-23-53)32-14-11-29(12-15-32)48-41(57)27-7-9-30(10-8-27)49-43-46-26-35(45)40(51-43)28-4-3-5-33(24-28)54-19-2-1-6-39(54)56/h1-6,13,17,19,24-27,29-30,32,36,47H,7-12,14-16,18,20-23H2,(H,48,57)(H,46,49,51)(H,50,55,58). The van der Waals surface area contributed by atoms with Crippen LogP contribution in [0.2, 0.25) is 0 Å². The minimum Gasteiger partial charge on any atom is -0.374 e. The smallest absolute Gasteiger partial charge is 0.255 e. The highest BCUT2D eigenvalue weighted by Gasteiger charge is 2.33. The van der Waals surface area contributed by atoms with Gasteiger partial charge in [0.05, 0.1) is 11.9 Å². The average Bonchev–Trinajstić information content (AvgIpc) is 3.23. The summed E-state index contributed by atoms with van der Waals surface area (Å²) >= 11 is 0. The van der Waals surface area contributed by atoms with Crippen molar-refractivity contribution < 1.29 is 23.2 Å². The Labute approximate surface area is 335 Å². The maximum atomic E-state index is 15.2. The Hall–Kier alpha value is -5.70. The number of amides is 3. The number of halogens is 2. The van der Waals surface area contributed by atoms with E-state index in [0.717, 1.165) is 70.7 Å². The molecular formula is C43H49F2N9O4. The number of carbonyl (C=O) groups excluding carboxylic acids is 3. The summed E-state index contributed by atoms with van der Waals surface area (Å²) in [7, 11) is 0. The highest BCUT2D eigenvalue weighted by Crippen LogP contribution is 2.31. The van der Waals surface area contributed by atoms with Gasteiger partial charge in [-0.2, -0.15) is 0 Å². The normalized spacial score (nSPS) is 24.2. The first-order valence-electron chi connectivity index (χ1n) is 20.4. The molecule has 8 rings (SSSR count). The molecule has 2 saturated heterocycles. The molecule has 0 bridgehead atoms. The molecule has 2 saturated carbocycles. The summed E-state index contributed by atoms with van der Waals surface area (Å²) in [5, 5.41) is 12.1. The van der Waals surface area contributed by atoms with Gasteiger partial charge in [-0.25, -0.2) is 18.7 Å². The van der Waals surface area contributed by atoms with Gasteiger partial charge >= 0.3 is 0 Å². The van der Waals surface area contributed by atoms with Crippen LogP contribution in [0.3, 0.4) is 0 Å². The fraction of sp³-hybridized carbons (Fsp3) is 0.442. The van der Waals surface area contributed by atoms with Crippen molar-refractivity contribution in [2.75, 3.05) is 41.7 Å². The van der Waals surface area contributed by atoms with Crippen LogP contribution in [0, 0.1) is 17.6 Å². The number of hydrogen-bond donors (Lipinski definition) is 4. The van der Waals surface area contributed by atoms with Gasteiger partial charge in [-0.3, -0.25) is 34.0 Å². The number of piperazine rings is 1. The van der Waals surface area contributed by atoms with Crippen LogP contribution in [0.5, 0.6) is 0 Å². The van der Waals surface area contributed by atoms with E-state index in [1.54, 1.807) is 54.7 Å². The molecule has 4 aromatic rings. The highest BCUT2D eigenvalue weighted by atomic mass is 19.1. The van der Waals surface area contributed by atoms with Crippen LogP contribution >= 0.6 is 0 Å². The van der Waals surface area contributed by atoms with Crippen LogP contribution in [-0.2, 0) is 14.4 Å². The molecule has 2 aromatic heterocycles. The predicted molar refractivity (Wildman–Crippen MR) is 217 cm³/mol. The third-order valence-electron chi connectivity index (χ3n) is 12.1. The van der Waals surface area contributed by atoms with Crippen molar-refractivity contribution in [2.45, 2.75) is 88.4 Å². The second kappa shape index (κ2) is 17.4. The van der Waals surface area contributed by atoms with Crippen molar-refractivity contribution in [1.29, 1.82) is 0 Å². The topological polar surface area (TPSA) is 154 Å². The molecule has 58 heavy (non-hydrogen) atoms. The Kier molecular flexibility index (Phi) is 11.8. The maximum absolute atomic E-state index is 15.2. The molecule has 4 N–H and O–H groups in total. The lowest BCUT2D eigenvalue weighted by Gasteiger charge is -2.43. The van der Waals surface area contributed by atoms with Gasteiger partial charge in [0.2, 0.25) is 23.7 Å². The van der Waals surface area contributed by atoms with Gasteiger partial charge in [-0.1, -0.05) is 18.2 Å². The molecule has 0 radical (unpaired) electrons. The van der Waals surface area contributed by atoms with Gasteiger partial charge in [0.15, 0.2) is 5.82 Å².